The summed E-state index contributed by atoms with van der Waals surface area (Å²) in [6, 6.07) is 6.60. The molecule has 1 aliphatic rings. The molecule has 23 heavy (non-hydrogen) atoms. The standard InChI is InChI=1S/C16H14N2O5/c1-9-13(10(2)23-17-9)16(21)22-8-7-18-14(19)11-5-3-4-6-12(11)15(18)20/h3-6H,7-8H2,1-2H3. The molecule has 0 radical (unpaired) electrons. The fourth-order valence-electron chi connectivity index (χ4n) is 2.52. The molecular formula is C16H14N2O5. The topological polar surface area (TPSA) is 89.7 Å². The van der Waals surface area contributed by atoms with Crippen LogP contribution >= 0.6 is 0 Å². The number of hydrogen-bond donors (Lipinski definition) is 0. The highest BCUT2D eigenvalue weighted by Gasteiger charge is 2.35. The summed E-state index contributed by atoms with van der Waals surface area (Å²) in [5.41, 5.74) is 1.45. The molecule has 2 heterocycles. The van der Waals surface area contributed by atoms with Gasteiger partial charge >= 0.3 is 5.97 Å². The molecule has 2 amide bonds. The lowest BCUT2D eigenvalue weighted by Crippen LogP contribution is -2.33. The van der Waals surface area contributed by atoms with Crippen LogP contribution in [0.1, 0.15) is 42.5 Å². The minimum atomic E-state index is -0.585. The van der Waals surface area contributed by atoms with Crippen molar-refractivity contribution in [1.82, 2.24) is 10.1 Å². The smallest absolute Gasteiger partial charge is 0.343 e. The van der Waals surface area contributed by atoms with E-state index in [1.165, 1.54) is 0 Å². The van der Waals surface area contributed by atoms with E-state index in [-0.39, 0.29) is 30.5 Å². The molecule has 3 rings (SSSR count). The number of ether oxygens (including phenoxy) is 1. The molecule has 7 nitrogen and oxygen atoms in total. The van der Waals surface area contributed by atoms with Crippen molar-refractivity contribution in [3.8, 4) is 0 Å². The van der Waals surface area contributed by atoms with E-state index in [0.717, 1.165) is 4.90 Å². The van der Waals surface area contributed by atoms with Crippen LogP contribution < -0.4 is 0 Å². The van der Waals surface area contributed by atoms with E-state index in [1.54, 1.807) is 38.1 Å². The zero-order valence-electron chi connectivity index (χ0n) is 12.7. The Labute approximate surface area is 131 Å². The molecule has 1 aliphatic heterocycles. The van der Waals surface area contributed by atoms with Gasteiger partial charge in [-0.15, -0.1) is 0 Å². The molecule has 7 heteroatoms. The fourth-order valence-corrected chi connectivity index (χ4v) is 2.52. The van der Waals surface area contributed by atoms with Crippen molar-refractivity contribution in [2.75, 3.05) is 13.2 Å². The number of rotatable bonds is 4. The minimum absolute atomic E-state index is 0.00145. The van der Waals surface area contributed by atoms with E-state index in [0.29, 0.717) is 22.6 Å². The molecule has 0 fully saturated rings. The summed E-state index contributed by atoms with van der Waals surface area (Å²) in [4.78, 5) is 37.4. The van der Waals surface area contributed by atoms with Gasteiger partial charge in [0.25, 0.3) is 11.8 Å². The van der Waals surface area contributed by atoms with Gasteiger partial charge in [0, 0.05) is 0 Å². The molecule has 1 aromatic carbocycles. The Morgan fingerprint density at radius 1 is 1.17 bits per heavy atom. The highest BCUT2D eigenvalue weighted by Crippen LogP contribution is 2.22. The molecular weight excluding hydrogens is 300 g/mol. The normalized spacial score (nSPS) is 13.4. The van der Waals surface area contributed by atoms with Crippen molar-refractivity contribution in [3.63, 3.8) is 0 Å². The molecule has 0 bridgehead atoms. The zero-order chi connectivity index (χ0) is 16.6. The number of aryl methyl sites for hydroxylation is 2. The Bertz CT molecular complexity index is 754. The second-order valence-corrected chi connectivity index (χ2v) is 5.14. The fraction of sp³-hybridized carbons (Fsp3) is 0.250. The number of fused-ring (bicyclic) bond motifs is 1. The Kier molecular flexibility index (Phi) is 3.69. The van der Waals surface area contributed by atoms with Crippen molar-refractivity contribution in [1.29, 1.82) is 0 Å². The number of esters is 1. The van der Waals surface area contributed by atoms with Gasteiger partial charge in [-0.3, -0.25) is 14.5 Å². The Balaban J connectivity index is 1.63. The first-order valence-electron chi connectivity index (χ1n) is 7.06. The molecule has 0 aliphatic carbocycles. The van der Waals surface area contributed by atoms with Gasteiger partial charge in [-0.05, 0) is 26.0 Å². The molecule has 0 unspecified atom stereocenters. The predicted molar refractivity (Wildman–Crippen MR) is 78.1 cm³/mol. The van der Waals surface area contributed by atoms with Gasteiger partial charge in [0.05, 0.1) is 23.4 Å². The highest BCUT2D eigenvalue weighted by molar-refractivity contribution is 6.21. The monoisotopic (exact) mass is 314 g/mol. The third-order valence-corrected chi connectivity index (χ3v) is 3.66. The van der Waals surface area contributed by atoms with Crippen LogP contribution in [0.4, 0.5) is 0 Å². The van der Waals surface area contributed by atoms with Crippen LogP contribution in [-0.2, 0) is 4.74 Å². The number of nitrogens with zero attached hydrogens (tertiary/aromatic N) is 2. The van der Waals surface area contributed by atoms with Crippen LogP contribution in [0.5, 0.6) is 0 Å². The van der Waals surface area contributed by atoms with Crippen LogP contribution in [0.15, 0.2) is 28.8 Å². The number of imide groups is 1. The summed E-state index contributed by atoms with van der Waals surface area (Å²) in [5.74, 6) is -0.968. The highest BCUT2D eigenvalue weighted by atomic mass is 16.5. The van der Waals surface area contributed by atoms with Crippen molar-refractivity contribution in [3.05, 3.63) is 52.4 Å². The van der Waals surface area contributed by atoms with Crippen LogP contribution in [0.2, 0.25) is 0 Å². The van der Waals surface area contributed by atoms with Crippen LogP contribution in [-0.4, -0.2) is 41.0 Å². The summed E-state index contributed by atoms with van der Waals surface area (Å²) in [6.07, 6.45) is 0. The van der Waals surface area contributed by atoms with Crippen molar-refractivity contribution >= 4 is 17.8 Å². The van der Waals surface area contributed by atoms with Crippen LogP contribution in [0, 0.1) is 13.8 Å². The SMILES string of the molecule is Cc1noc(C)c1C(=O)OCCN1C(=O)c2ccccc2C1=O. The lowest BCUT2D eigenvalue weighted by molar-refractivity contribution is 0.0418. The van der Waals surface area contributed by atoms with E-state index in [9.17, 15) is 14.4 Å². The van der Waals surface area contributed by atoms with Gasteiger partial charge in [0.1, 0.15) is 17.9 Å². The number of hydrogen-bond acceptors (Lipinski definition) is 6. The Morgan fingerprint density at radius 2 is 1.78 bits per heavy atom. The van der Waals surface area contributed by atoms with Gasteiger partial charge < -0.3 is 9.26 Å². The minimum Gasteiger partial charge on any atom is -0.460 e. The third-order valence-electron chi connectivity index (χ3n) is 3.66. The summed E-state index contributed by atoms with van der Waals surface area (Å²) in [7, 11) is 0. The predicted octanol–water partition coefficient (Wildman–Crippen LogP) is 1.74. The summed E-state index contributed by atoms with van der Waals surface area (Å²) in [5, 5.41) is 3.68. The molecule has 1 aromatic heterocycles. The molecule has 0 saturated carbocycles. The van der Waals surface area contributed by atoms with Gasteiger partial charge in [-0.25, -0.2) is 4.79 Å². The van der Waals surface area contributed by atoms with Crippen LogP contribution in [0.25, 0.3) is 0 Å². The maximum Gasteiger partial charge on any atom is 0.343 e. The van der Waals surface area contributed by atoms with E-state index in [1.807, 2.05) is 0 Å². The molecule has 0 atom stereocenters. The first-order valence-corrected chi connectivity index (χ1v) is 7.06. The van der Waals surface area contributed by atoms with Gasteiger partial charge in [0.2, 0.25) is 0 Å². The zero-order valence-corrected chi connectivity index (χ0v) is 12.7. The first-order chi connectivity index (χ1) is 11.0. The number of amides is 2. The summed E-state index contributed by atoms with van der Waals surface area (Å²) in [6.45, 7) is 3.16. The quantitative estimate of drug-likeness (QED) is 0.631. The number of carbonyl (C=O) groups excluding carboxylic acids is 3. The van der Waals surface area contributed by atoms with Crippen molar-refractivity contribution in [2.45, 2.75) is 13.8 Å². The first kappa shape index (κ1) is 15.0. The van der Waals surface area contributed by atoms with Gasteiger partial charge in [-0.2, -0.15) is 0 Å². The lowest BCUT2D eigenvalue weighted by Gasteiger charge is -2.13. The summed E-state index contributed by atoms with van der Waals surface area (Å²) >= 11 is 0. The average Bonchev–Trinajstić information content (AvgIpc) is 2.99. The maximum absolute atomic E-state index is 12.2. The van der Waals surface area contributed by atoms with E-state index >= 15 is 0 Å². The molecule has 0 spiro atoms. The largest absolute Gasteiger partial charge is 0.460 e. The summed E-state index contributed by atoms with van der Waals surface area (Å²) < 4.78 is 10.0. The van der Waals surface area contributed by atoms with E-state index in [4.69, 9.17) is 9.26 Å². The number of benzene rings is 1. The molecule has 2 aromatic rings. The Hall–Kier alpha value is -2.96. The van der Waals surface area contributed by atoms with Gasteiger partial charge in [0.15, 0.2) is 0 Å². The number of carbonyl (C=O) groups is 3. The van der Waals surface area contributed by atoms with Crippen molar-refractivity contribution in [2.24, 2.45) is 0 Å². The second kappa shape index (κ2) is 5.68. The van der Waals surface area contributed by atoms with E-state index in [2.05, 4.69) is 5.16 Å². The Morgan fingerprint density at radius 3 is 2.30 bits per heavy atom. The number of aromatic nitrogens is 1. The van der Waals surface area contributed by atoms with Gasteiger partial charge in [-0.1, -0.05) is 17.3 Å². The molecule has 0 N–H and O–H groups in total. The van der Waals surface area contributed by atoms with Crippen LogP contribution in [0.3, 0.4) is 0 Å². The van der Waals surface area contributed by atoms with Crippen molar-refractivity contribution < 1.29 is 23.6 Å². The lowest BCUT2D eigenvalue weighted by atomic mass is 10.1. The maximum atomic E-state index is 12.2. The molecule has 0 saturated heterocycles. The average molecular weight is 314 g/mol. The second-order valence-electron chi connectivity index (χ2n) is 5.14. The third kappa shape index (κ3) is 2.50. The van der Waals surface area contributed by atoms with E-state index < -0.39 is 5.97 Å². The molecule has 118 valence electrons.